The molecule has 0 aliphatic carbocycles. The van der Waals surface area contributed by atoms with E-state index in [2.05, 4.69) is 5.32 Å². The van der Waals surface area contributed by atoms with Gasteiger partial charge in [0.2, 0.25) is 10.0 Å². The number of halogens is 2. The van der Waals surface area contributed by atoms with Crippen LogP contribution in [-0.2, 0) is 27.7 Å². The Morgan fingerprint density at radius 3 is 2.17 bits per heavy atom. The summed E-state index contributed by atoms with van der Waals surface area (Å²) in [6.45, 7) is 7.33. The van der Waals surface area contributed by atoms with Crippen molar-refractivity contribution in [1.82, 2.24) is 10.2 Å². The van der Waals surface area contributed by atoms with Crippen LogP contribution >= 0.6 is 0 Å². The molecular weight excluding hydrogens is 614 g/mol. The summed E-state index contributed by atoms with van der Waals surface area (Å²) in [6.07, 6.45) is 1.79. The average molecular weight is 659 g/mol. The van der Waals surface area contributed by atoms with E-state index in [1.807, 2.05) is 19.9 Å². The predicted octanol–water partition coefficient (Wildman–Crippen LogP) is 4.82. The van der Waals surface area contributed by atoms with Gasteiger partial charge in [-0.2, -0.15) is 0 Å². The van der Waals surface area contributed by atoms with Crippen LogP contribution in [0.2, 0.25) is 0 Å². The minimum absolute atomic E-state index is 0.0174. The van der Waals surface area contributed by atoms with Gasteiger partial charge < -0.3 is 20.7 Å². The molecule has 0 spiro atoms. The van der Waals surface area contributed by atoms with Gasteiger partial charge in [0.05, 0.1) is 17.5 Å². The Morgan fingerprint density at radius 2 is 1.57 bits per heavy atom. The molecule has 0 saturated carbocycles. The highest BCUT2D eigenvalue weighted by molar-refractivity contribution is 7.92. The maximum absolute atomic E-state index is 13.9. The van der Waals surface area contributed by atoms with Crippen LogP contribution in [0.4, 0.5) is 14.5 Å². The number of nitrogens with zero attached hydrogens (tertiary/aromatic N) is 2. The lowest BCUT2D eigenvalue weighted by molar-refractivity contribution is 0.0238. The second kappa shape index (κ2) is 16.6. The summed E-state index contributed by atoms with van der Waals surface area (Å²) in [5.41, 5.74) is 9.31. The van der Waals surface area contributed by atoms with Crippen molar-refractivity contribution in [2.45, 2.75) is 58.7 Å². The van der Waals surface area contributed by atoms with Gasteiger partial charge in [-0.3, -0.25) is 9.10 Å². The van der Waals surface area contributed by atoms with Crippen molar-refractivity contribution in [3.8, 4) is 0 Å². The van der Waals surface area contributed by atoms with Crippen LogP contribution in [0.25, 0.3) is 0 Å². The van der Waals surface area contributed by atoms with E-state index >= 15 is 0 Å². The number of amides is 1. The van der Waals surface area contributed by atoms with Gasteiger partial charge in [-0.25, -0.2) is 22.0 Å². The topological polar surface area (TPSA) is 122 Å². The highest BCUT2D eigenvalue weighted by Crippen LogP contribution is 2.19. The first kappa shape index (κ1) is 36.6. The first-order chi connectivity index (χ1) is 21.7. The number of anilines is 1. The van der Waals surface area contributed by atoms with Gasteiger partial charge in [0.15, 0.2) is 0 Å². The number of esters is 1. The number of benzene rings is 3. The predicted molar refractivity (Wildman–Crippen MR) is 176 cm³/mol. The SMILES string of the molecule is CCCN(CCC)C(=O)c1cc(C)cc(C(=O)OC(CNCc2cccc(N(C)S(C)(=O)=O)c2)C(N)Cc2cc(F)cc(F)c2)c1. The molecule has 250 valence electrons. The lowest BCUT2D eigenvalue weighted by Gasteiger charge is -2.25. The summed E-state index contributed by atoms with van der Waals surface area (Å²) in [5.74, 6) is -2.36. The van der Waals surface area contributed by atoms with Crippen molar-refractivity contribution in [1.29, 1.82) is 0 Å². The molecule has 3 N–H and O–H groups in total. The molecule has 0 aliphatic rings. The fraction of sp³-hybridized carbons (Fsp3) is 0.412. The van der Waals surface area contributed by atoms with Crippen molar-refractivity contribution >= 4 is 27.6 Å². The van der Waals surface area contributed by atoms with Crippen molar-refractivity contribution in [2.75, 3.05) is 37.2 Å². The molecule has 3 rings (SSSR count). The molecule has 0 saturated heterocycles. The van der Waals surface area contributed by atoms with Gasteiger partial charge in [0.25, 0.3) is 5.91 Å². The maximum atomic E-state index is 13.9. The number of nitrogens with one attached hydrogen (secondary N) is 1. The van der Waals surface area contributed by atoms with Gasteiger partial charge in [-0.05, 0) is 85.3 Å². The first-order valence-electron chi connectivity index (χ1n) is 15.3. The Hall–Kier alpha value is -3.87. The number of sulfonamides is 1. The quantitative estimate of drug-likeness (QED) is 0.212. The highest BCUT2D eigenvalue weighted by Gasteiger charge is 2.25. The number of ether oxygens (including phenoxy) is 1. The van der Waals surface area contributed by atoms with Crippen molar-refractivity contribution in [2.24, 2.45) is 5.73 Å². The molecule has 0 fully saturated rings. The van der Waals surface area contributed by atoms with Crippen molar-refractivity contribution in [3.63, 3.8) is 0 Å². The highest BCUT2D eigenvalue weighted by atomic mass is 32.2. The fourth-order valence-corrected chi connectivity index (χ4v) is 5.59. The minimum Gasteiger partial charge on any atom is -0.456 e. The Morgan fingerprint density at radius 1 is 0.935 bits per heavy atom. The molecule has 46 heavy (non-hydrogen) atoms. The molecule has 0 radical (unpaired) electrons. The van der Waals surface area contributed by atoms with Gasteiger partial charge in [-0.1, -0.05) is 26.0 Å². The first-order valence-corrected chi connectivity index (χ1v) is 17.1. The van der Waals surface area contributed by atoms with Crippen LogP contribution in [0.3, 0.4) is 0 Å². The van der Waals surface area contributed by atoms with E-state index in [4.69, 9.17) is 10.5 Å². The molecule has 2 atom stereocenters. The summed E-state index contributed by atoms with van der Waals surface area (Å²) in [4.78, 5) is 28.5. The molecule has 3 aromatic rings. The van der Waals surface area contributed by atoms with E-state index in [-0.39, 0.29) is 31.0 Å². The van der Waals surface area contributed by atoms with Gasteiger partial charge >= 0.3 is 5.97 Å². The van der Waals surface area contributed by atoms with Crippen LogP contribution in [0, 0.1) is 18.6 Å². The van der Waals surface area contributed by atoms with Crippen LogP contribution in [-0.4, -0.2) is 70.3 Å². The third-order valence-electron chi connectivity index (χ3n) is 7.41. The summed E-state index contributed by atoms with van der Waals surface area (Å²) in [7, 11) is -2.00. The minimum atomic E-state index is -3.45. The number of rotatable bonds is 16. The van der Waals surface area contributed by atoms with Gasteiger partial charge in [-0.15, -0.1) is 0 Å². The third-order valence-corrected chi connectivity index (χ3v) is 8.62. The van der Waals surface area contributed by atoms with Crippen molar-refractivity contribution in [3.05, 3.63) is 100 Å². The molecule has 2 unspecified atom stereocenters. The van der Waals surface area contributed by atoms with E-state index in [0.717, 1.165) is 30.7 Å². The fourth-order valence-electron chi connectivity index (χ4n) is 5.09. The van der Waals surface area contributed by atoms with Crippen molar-refractivity contribution < 1.29 is 31.5 Å². The number of hydrogen-bond donors (Lipinski definition) is 2. The maximum Gasteiger partial charge on any atom is 0.338 e. The lowest BCUT2D eigenvalue weighted by Crippen LogP contribution is -2.46. The summed E-state index contributed by atoms with van der Waals surface area (Å²) >= 11 is 0. The van der Waals surface area contributed by atoms with E-state index in [9.17, 15) is 26.8 Å². The standard InChI is InChI=1S/C34H44F2N4O5S/c1-6-11-40(12-7-2)33(41)26-13-23(3)14-27(19-26)34(42)45-32(31(37)18-25-15-28(35)20-29(36)16-25)22-38-21-24-9-8-10-30(17-24)39(4)46(5,43)44/h8-10,13-17,19-20,31-32,38H,6-7,11-12,18,21-22,37H2,1-5H3. The number of carbonyl (C=O) groups excluding carboxylic acids is 2. The second-order valence-corrected chi connectivity index (χ2v) is 13.5. The zero-order chi connectivity index (χ0) is 34.0. The van der Waals surface area contributed by atoms with Crippen LogP contribution in [0.5, 0.6) is 0 Å². The van der Waals surface area contributed by atoms with Crippen LogP contribution < -0.4 is 15.4 Å². The molecule has 0 aromatic heterocycles. The molecule has 0 aliphatic heterocycles. The average Bonchev–Trinajstić information content (AvgIpc) is 2.98. The smallest absolute Gasteiger partial charge is 0.338 e. The molecule has 12 heteroatoms. The Balaban J connectivity index is 1.83. The normalized spacial score (nSPS) is 12.8. The van der Waals surface area contributed by atoms with E-state index in [0.29, 0.717) is 35.5 Å². The van der Waals surface area contributed by atoms with Crippen LogP contribution in [0.1, 0.15) is 64.1 Å². The van der Waals surface area contributed by atoms with Gasteiger partial charge in [0.1, 0.15) is 17.7 Å². The Labute approximate surface area is 270 Å². The molecule has 3 aromatic carbocycles. The van der Waals surface area contributed by atoms with E-state index in [1.54, 1.807) is 42.2 Å². The molecule has 0 bridgehead atoms. The Kier molecular flexibility index (Phi) is 13.2. The van der Waals surface area contributed by atoms with Crippen LogP contribution in [0.15, 0.2) is 60.7 Å². The zero-order valence-corrected chi connectivity index (χ0v) is 27.9. The Bertz CT molecular complexity index is 1590. The molecule has 9 nitrogen and oxygen atoms in total. The molecular formula is C34H44F2N4O5S. The monoisotopic (exact) mass is 658 g/mol. The molecule has 1 amide bonds. The summed E-state index contributed by atoms with van der Waals surface area (Å²) < 4.78 is 58.8. The number of hydrogen-bond acceptors (Lipinski definition) is 7. The second-order valence-electron chi connectivity index (χ2n) is 11.5. The number of carbonyl (C=O) groups is 2. The molecule has 0 heterocycles. The largest absolute Gasteiger partial charge is 0.456 e. The number of aryl methyl sites for hydroxylation is 1. The zero-order valence-electron chi connectivity index (χ0n) is 27.1. The van der Waals surface area contributed by atoms with Gasteiger partial charge in [0, 0.05) is 50.9 Å². The third kappa shape index (κ3) is 10.6. The van der Waals surface area contributed by atoms with E-state index in [1.165, 1.54) is 29.6 Å². The number of nitrogens with two attached hydrogens (primary N) is 1. The summed E-state index contributed by atoms with van der Waals surface area (Å²) in [6, 6.07) is 14.1. The summed E-state index contributed by atoms with van der Waals surface area (Å²) in [5, 5.41) is 3.20. The lowest BCUT2D eigenvalue weighted by atomic mass is 10.0. The van der Waals surface area contributed by atoms with E-state index < -0.39 is 39.8 Å².